The molecule has 0 atom stereocenters. The van der Waals surface area contributed by atoms with Crippen molar-refractivity contribution in [3.63, 3.8) is 0 Å². The molecule has 1 N–H and O–H groups in total. The maximum atomic E-state index is 11.7. The van der Waals surface area contributed by atoms with E-state index in [0.29, 0.717) is 18.1 Å². The quantitative estimate of drug-likeness (QED) is 0.844. The van der Waals surface area contributed by atoms with Gasteiger partial charge in [-0.2, -0.15) is 0 Å². The number of aromatic nitrogens is 2. The predicted molar refractivity (Wildman–Crippen MR) is 92.8 cm³/mol. The second-order valence-electron chi connectivity index (χ2n) is 6.15. The Kier molecular flexibility index (Phi) is 5.08. The lowest BCUT2D eigenvalue weighted by molar-refractivity contribution is 0.0525. The normalized spacial score (nSPS) is 16.4. The largest absolute Gasteiger partial charge is 0.462 e. The minimum atomic E-state index is -0.389. The number of esters is 1. The number of benzene rings is 1. The van der Waals surface area contributed by atoms with Crippen molar-refractivity contribution in [3.05, 3.63) is 53.9 Å². The third-order valence-corrected chi connectivity index (χ3v) is 4.55. The highest BCUT2D eigenvalue weighted by atomic mass is 16.5. The highest BCUT2D eigenvalue weighted by Crippen LogP contribution is 2.39. The molecule has 24 heavy (non-hydrogen) atoms. The third kappa shape index (κ3) is 3.55. The average Bonchev–Trinajstić information content (AvgIpc) is 2.64. The number of anilines is 1. The first-order chi connectivity index (χ1) is 11.7. The summed E-state index contributed by atoms with van der Waals surface area (Å²) in [6, 6.07) is 10.5. The number of ether oxygens (including phenoxy) is 1. The summed E-state index contributed by atoms with van der Waals surface area (Å²) in [4.78, 5) is 20.4. The molecule has 1 heterocycles. The maximum absolute atomic E-state index is 11.7. The van der Waals surface area contributed by atoms with Crippen LogP contribution in [0.5, 0.6) is 0 Å². The van der Waals surface area contributed by atoms with Crippen LogP contribution in [0.15, 0.2) is 42.7 Å². The van der Waals surface area contributed by atoms with E-state index in [1.54, 1.807) is 6.92 Å². The fourth-order valence-corrected chi connectivity index (χ4v) is 3.32. The minimum absolute atomic E-state index is 0.134. The Balaban J connectivity index is 1.82. The van der Waals surface area contributed by atoms with Crippen LogP contribution in [-0.4, -0.2) is 22.5 Å². The van der Waals surface area contributed by atoms with Crippen LogP contribution >= 0.6 is 0 Å². The van der Waals surface area contributed by atoms with Gasteiger partial charge in [0.1, 0.15) is 0 Å². The molecule has 0 unspecified atom stereocenters. The number of nitrogens with zero attached hydrogens (tertiary/aromatic N) is 2. The second kappa shape index (κ2) is 7.43. The van der Waals surface area contributed by atoms with Crippen molar-refractivity contribution in [1.82, 2.24) is 9.97 Å². The zero-order valence-corrected chi connectivity index (χ0v) is 14.0. The highest BCUT2D eigenvalue weighted by Gasteiger charge is 2.34. The maximum Gasteiger partial charge on any atom is 0.341 e. The summed E-state index contributed by atoms with van der Waals surface area (Å²) in [6.45, 7) is 2.12. The summed E-state index contributed by atoms with van der Waals surface area (Å²) < 4.78 is 4.97. The van der Waals surface area contributed by atoms with Gasteiger partial charge >= 0.3 is 5.97 Å². The Morgan fingerprint density at radius 1 is 1.12 bits per heavy atom. The van der Waals surface area contributed by atoms with E-state index in [1.807, 2.05) is 6.07 Å². The van der Waals surface area contributed by atoms with E-state index < -0.39 is 0 Å². The fraction of sp³-hybridized carbons (Fsp3) is 0.421. The first-order valence-corrected chi connectivity index (χ1v) is 8.56. The summed E-state index contributed by atoms with van der Waals surface area (Å²) >= 11 is 0. The van der Waals surface area contributed by atoms with Crippen LogP contribution < -0.4 is 5.32 Å². The molecular formula is C19H23N3O2. The number of hydrogen-bond donors (Lipinski definition) is 1. The molecule has 5 heteroatoms. The number of nitrogens with one attached hydrogen (secondary N) is 1. The lowest BCUT2D eigenvalue weighted by Crippen LogP contribution is -2.38. The van der Waals surface area contributed by atoms with Gasteiger partial charge in [-0.25, -0.2) is 14.8 Å². The van der Waals surface area contributed by atoms with Gasteiger partial charge in [0.15, 0.2) is 0 Å². The zero-order chi connectivity index (χ0) is 16.8. The molecule has 0 aliphatic heterocycles. The molecule has 1 aliphatic rings. The Morgan fingerprint density at radius 3 is 2.42 bits per heavy atom. The minimum Gasteiger partial charge on any atom is -0.462 e. The molecule has 126 valence electrons. The average molecular weight is 325 g/mol. The number of carbonyl (C=O) groups excluding carboxylic acids is 1. The molecule has 0 saturated heterocycles. The summed E-state index contributed by atoms with van der Waals surface area (Å²) in [7, 11) is 0. The summed E-state index contributed by atoms with van der Waals surface area (Å²) in [5.41, 5.74) is 1.51. The van der Waals surface area contributed by atoms with Crippen LogP contribution in [0.3, 0.4) is 0 Å². The summed E-state index contributed by atoms with van der Waals surface area (Å²) in [6.07, 6.45) is 8.79. The van der Waals surface area contributed by atoms with Crippen molar-refractivity contribution in [2.45, 2.75) is 44.6 Å². The zero-order valence-electron chi connectivity index (χ0n) is 14.0. The van der Waals surface area contributed by atoms with Crippen molar-refractivity contribution in [2.75, 3.05) is 11.9 Å². The molecule has 1 aliphatic carbocycles. The molecular weight excluding hydrogens is 302 g/mol. The molecule has 1 saturated carbocycles. The van der Waals surface area contributed by atoms with Crippen LogP contribution in [-0.2, 0) is 10.3 Å². The highest BCUT2D eigenvalue weighted by molar-refractivity contribution is 5.88. The van der Waals surface area contributed by atoms with Gasteiger partial charge in [-0.15, -0.1) is 0 Å². The van der Waals surface area contributed by atoms with Gasteiger partial charge in [0.25, 0.3) is 0 Å². The van der Waals surface area contributed by atoms with Crippen LogP contribution in [0.4, 0.5) is 5.95 Å². The van der Waals surface area contributed by atoms with E-state index in [4.69, 9.17) is 4.74 Å². The van der Waals surface area contributed by atoms with Crippen molar-refractivity contribution in [1.29, 1.82) is 0 Å². The smallest absolute Gasteiger partial charge is 0.341 e. The van der Waals surface area contributed by atoms with Gasteiger partial charge in [0.05, 0.1) is 17.7 Å². The Morgan fingerprint density at radius 2 is 1.79 bits per heavy atom. The van der Waals surface area contributed by atoms with Gasteiger partial charge in [-0.05, 0) is 25.3 Å². The Bertz CT molecular complexity index is 665. The Hall–Kier alpha value is -2.43. The summed E-state index contributed by atoms with van der Waals surface area (Å²) in [5, 5.41) is 3.53. The molecule has 3 rings (SSSR count). The molecule has 1 aromatic heterocycles. The number of rotatable bonds is 5. The van der Waals surface area contributed by atoms with E-state index in [9.17, 15) is 4.79 Å². The van der Waals surface area contributed by atoms with Crippen LogP contribution in [0, 0.1) is 0 Å². The van der Waals surface area contributed by atoms with Crippen LogP contribution in [0.1, 0.15) is 54.9 Å². The molecule has 0 bridgehead atoms. The van der Waals surface area contributed by atoms with Gasteiger partial charge < -0.3 is 10.1 Å². The third-order valence-electron chi connectivity index (χ3n) is 4.55. The molecule has 0 spiro atoms. The number of carbonyl (C=O) groups is 1. The van der Waals surface area contributed by atoms with Crippen molar-refractivity contribution in [2.24, 2.45) is 0 Å². The lowest BCUT2D eigenvalue weighted by Gasteiger charge is -2.38. The van der Waals surface area contributed by atoms with Crippen molar-refractivity contribution >= 4 is 11.9 Å². The first kappa shape index (κ1) is 16.4. The lowest BCUT2D eigenvalue weighted by atomic mass is 9.76. The fourth-order valence-electron chi connectivity index (χ4n) is 3.32. The van der Waals surface area contributed by atoms with E-state index >= 15 is 0 Å². The van der Waals surface area contributed by atoms with Crippen molar-refractivity contribution < 1.29 is 9.53 Å². The van der Waals surface area contributed by atoms with Gasteiger partial charge in [0, 0.05) is 12.4 Å². The standard InChI is InChI=1S/C19H23N3O2/c1-2-24-17(23)15-13-20-18(21-14-15)22-19(11-7-4-8-12-19)16-9-5-3-6-10-16/h3,5-6,9-10,13-14H,2,4,7-8,11-12H2,1H3,(H,20,21,22). The Labute approximate surface area is 142 Å². The molecule has 5 nitrogen and oxygen atoms in total. The number of hydrogen-bond acceptors (Lipinski definition) is 5. The van der Waals surface area contributed by atoms with E-state index in [1.165, 1.54) is 37.2 Å². The topological polar surface area (TPSA) is 64.1 Å². The molecule has 1 aromatic carbocycles. The van der Waals surface area contributed by atoms with Gasteiger partial charge in [-0.1, -0.05) is 49.6 Å². The van der Waals surface area contributed by atoms with Crippen molar-refractivity contribution in [3.8, 4) is 0 Å². The molecule has 2 aromatic rings. The molecule has 0 radical (unpaired) electrons. The van der Waals surface area contributed by atoms with E-state index in [0.717, 1.165) is 12.8 Å². The first-order valence-electron chi connectivity index (χ1n) is 8.56. The SMILES string of the molecule is CCOC(=O)c1cnc(NC2(c3ccccc3)CCCCC2)nc1. The second-order valence-corrected chi connectivity index (χ2v) is 6.15. The summed E-state index contributed by atoms with van der Waals surface area (Å²) in [5.74, 6) is 0.160. The van der Waals surface area contributed by atoms with E-state index in [-0.39, 0.29) is 11.5 Å². The van der Waals surface area contributed by atoms with E-state index in [2.05, 4.69) is 39.6 Å². The monoisotopic (exact) mass is 325 g/mol. The predicted octanol–water partition coefficient (Wildman–Crippen LogP) is 3.92. The van der Waals surface area contributed by atoms with Gasteiger partial charge in [0.2, 0.25) is 5.95 Å². The van der Waals surface area contributed by atoms with Gasteiger partial charge in [-0.3, -0.25) is 0 Å². The van der Waals surface area contributed by atoms with Crippen LogP contribution in [0.25, 0.3) is 0 Å². The van der Waals surface area contributed by atoms with Crippen LogP contribution in [0.2, 0.25) is 0 Å². The molecule has 0 amide bonds. The molecule has 1 fully saturated rings.